The lowest BCUT2D eigenvalue weighted by atomic mass is 10.0. The van der Waals surface area contributed by atoms with Gasteiger partial charge in [-0.1, -0.05) is 26.0 Å². The second-order valence-electron chi connectivity index (χ2n) is 7.25. The lowest BCUT2D eigenvalue weighted by Gasteiger charge is -2.21. The van der Waals surface area contributed by atoms with Crippen molar-refractivity contribution in [1.82, 2.24) is 14.9 Å². The van der Waals surface area contributed by atoms with E-state index in [1.807, 2.05) is 38.1 Å². The SMILES string of the molecule is CCc1cc2c(CN(CC)Cc3nc4ccccc4c(=O)[nH]3)cc(=O)oc2cc1O. The van der Waals surface area contributed by atoms with E-state index in [0.29, 0.717) is 48.4 Å². The van der Waals surface area contributed by atoms with Crippen LogP contribution in [0, 0.1) is 0 Å². The van der Waals surface area contributed by atoms with Crippen molar-refractivity contribution in [2.24, 2.45) is 0 Å². The van der Waals surface area contributed by atoms with Crippen LogP contribution in [0.2, 0.25) is 0 Å². The molecule has 0 saturated carbocycles. The summed E-state index contributed by atoms with van der Waals surface area (Å²) in [5.41, 5.74) is 1.98. The Labute approximate surface area is 172 Å². The zero-order valence-electron chi connectivity index (χ0n) is 16.9. The van der Waals surface area contributed by atoms with Crippen LogP contribution in [-0.4, -0.2) is 26.5 Å². The highest BCUT2D eigenvalue weighted by atomic mass is 16.4. The average molecular weight is 405 g/mol. The van der Waals surface area contributed by atoms with Gasteiger partial charge in [0.15, 0.2) is 0 Å². The first-order valence-corrected chi connectivity index (χ1v) is 9.97. The third-order valence-electron chi connectivity index (χ3n) is 5.29. The van der Waals surface area contributed by atoms with Gasteiger partial charge in [-0.15, -0.1) is 0 Å². The zero-order valence-corrected chi connectivity index (χ0v) is 16.9. The standard InChI is InChI=1S/C23H23N3O4/c1-3-14-9-17-15(10-22(28)30-20(17)11-19(14)27)12-26(4-2)13-21-24-18-8-6-5-7-16(18)23(29)25-21/h5-11,27H,3-4,12-13H2,1-2H3,(H,24,25,29). The summed E-state index contributed by atoms with van der Waals surface area (Å²) in [4.78, 5) is 33.9. The first-order chi connectivity index (χ1) is 14.5. The molecule has 0 aliphatic heterocycles. The quantitative estimate of drug-likeness (QED) is 0.478. The number of H-pyrrole nitrogens is 1. The molecular formula is C23H23N3O4. The predicted molar refractivity (Wildman–Crippen MR) is 116 cm³/mol. The molecule has 2 N–H and O–H groups in total. The molecular weight excluding hydrogens is 382 g/mol. The van der Waals surface area contributed by atoms with Gasteiger partial charge in [-0.2, -0.15) is 0 Å². The number of aromatic hydroxyl groups is 1. The van der Waals surface area contributed by atoms with Gasteiger partial charge < -0.3 is 14.5 Å². The van der Waals surface area contributed by atoms with Crippen molar-refractivity contribution in [3.63, 3.8) is 0 Å². The van der Waals surface area contributed by atoms with Gasteiger partial charge in [0.2, 0.25) is 0 Å². The number of aromatic amines is 1. The molecule has 2 heterocycles. The van der Waals surface area contributed by atoms with Crippen molar-refractivity contribution in [2.75, 3.05) is 6.54 Å². The number of phenolic OH excluding ortho intramolecular Hbond substituents is 1. The second-order valence-corrected chi connectivity index (χ2v) is 7.25. The number of para-hydroxylation sites is 1. The normalized spacial score (nSPS) is 11.6. The van der Waals surface area contributed by atoms with Crippen LogP contribution in [0.3, 0.4) is 0 Å². The Hall–Kier alpha value is -3.45. The molecule has 7 nitrogen and oxygen atoms in total. The number of phenols is 1. The molecule has 0 aliphatic carbocycles. The Morgan fingerprint density at radius 3 is 2.60 bits per heavy atom. The van der Waals surface area contributed by atoms with Gasteiger partial charge in [0.25, 0.3) is 5.56 Å². The number of aryl methyl sites for hydroxylation is 1. The average Bonchev–Trinajstić information content (AvgIpc) is 2.72. The molecule has 0 spiro atoms. The third-order valence-corrected chi connectivity index (χ3v) is 5.29. The number of nitrogens with zero attached hydrogens (tertiary/aromatic N) is 2. The van der Waals surface area contributed by atoms with E-state index in [1.165, 1.54) is 12.1 Å². The van der Waals surface area contributed by atoms with Gasteiger partial charge in [-0.25, -0.2) is 9.78 Å². The van der Waals surface area contributed by atoms with Gasteiger partial charge in [0, 0.05) is 24.1 Å². The van der Waals surface area contributed by atoms with Gasteiger partial charge in [0.1, 0.15) is 17.2 Å². The Morgan fingerprint density at radius 1 is 1.03 bits per heavy atom. The smallest absolute Gasteiger partial charge is 0.336 e. The molecule has 154 valence electrons. The second kappa shape index (κ2) is 8.12. The van der Waals surface area contributed by atoms with Crippen molar-refractivity contribution in [1.29, 1.82) is 0 Å². The Morgan fingerprint density at radius 2 is 1.83 bits per heavy atom. The van der Waals surface area contributed by atoms with E-state index in [0.717, 1.165) is 16.5 Å². The molecule has 0 atom stereocenters. The topological polar surface area (TPSA) is 99.4 Å². The van der Waals surface area contributed by atoms with Crippen molar-refractivity contribution in [3.05, 3.63) is 80.2 Å². The molecule has 0 amide bonds. The zero-order chi connectivity index (χ0) is 21.3. The van der Waals surface area contributed by atoms with Gasteiger partial charge in [0.05, 0.1) is 17.4 Å². The minimum atomic E-state index is -0.463. The fraction of sp³-hybridized carbons (Fsp3) is 0.261. The highest BCUT2D eigenvalue weighted by molar-refractivity contribution is 5.82. The maximum absolute atomic E-state index is 12.4. The third kappa shape index (κ3) is 3.84. The van der Waals surface area contributed by atoms with Crippen molar-refractivity contribution in [3.8, 4) is 5.75 Å². The van der Waals surface area contributed by atoms with E-state index in [9.17, 15) is 14.7 Å². The number of nitrogens with one attached hydrogen (secondary N) is 1. The predicted octanol–water partition coefficient (Wildman–Crippen LogP) is 3.32. The first kappa shape index (κ1) is 19.8. The van der Waals surface area contributed by atoms with Crippen LogP contribution in [0.25, 0.3) is 21.9 Å². The van der Waals surface area contributed by atoms with E-state index in [4.69, 9.17) is 4.42 Å². The maximum atomic E-state index is 12.4. The summed E-state index contributed by atoms with van der Waals surface area (Å²) < 4.78 is 5.29. The molecule has 2 aromatic heterocycles. The van der Waals surface area contributed by atoms with Crippen LogP contribution in [0.15, 0.2) is 56.5 Å². The van der Waals surface area contributed by atoms with Crippen LogP contribution >= 0.6 is 0 Å². The van der Waals surface area contributed by atoms with Crippen molar-refractivity contribution in [2.45, 2.75) is 33.4 Å². The molecule has 7 heteroatoms. The van der Waals surface area contributed by atoms with Gasteiger partial charge in [-0.3, -0.25) is 9.69 Å². The molecule has 0 fully saturated rings. The molecule has 0 bridgehead atoms. The lowest BCUT2D eigenvalue weighted by molar-refractivity contribution is 0.265. The minimum Gasteiger partial charge on any atom is -0.508 e. The number of hydrogen-bond donors (Lipinski definition) is 2. The minimum absolute atomic E-state index is 0.121. The lowest BCUT2D eigenvalue weighted by Crippen LogP contribution is -2.26. The molecule has 0 radical (unpaired) electrons. The van der Waals surface area contributed by atoms with Crippen molar-refractivity contribution >= 4 is 21.9 Å². The summed E-state index contributed by atoms with van der Waals surface area (Å²) in [6.07, 6.45) is 0.667. The van der Waals surface area contributed by atoms with E-state index >= 15 is 0 Å². The first-order valence-electron chi connectivity index (χ1n) is 9.97. The molecule has 0 unspecified atom stereocenters. The van der Waals surface area contributed by atoms with E-state index in [1.54, 1.807) is 6.07 Å². The number of hydrogen-bond acceptors (Lipinski definition) is 6. The van der Waals surface area contributed by atoms with Crippen LogP contribution in [0.5, 0.6) is 5.75 Å². The van der Waals surface area contributed by atoms with Crippen LogP contribution in [-0.2, 0) is 19.5 Å². The van der Waals surface area contributed by atoms with Crippen LogP contribution in [0.1, 0.15) is 30.8 Å². The van der Waals surface area contributed by atoms with Gasteiger partial charge in [-0.05, 0) is 42.3 Å². The van der Waals surface area contributed by atoms with Crippen LogP contribution in [0.4, 0.5) is 0 Å². The molecule has 4 rings (SSSR count). The summed E-state index contributed by atoms with van der Waals surface area (Å²) in [5.74, 6) is 0.690. The summed E-state index contributed by atoms with van der Waals surface area (Å²) in [7, 11) is 0. The van der Waals surface area contributed by atoms with Gasteiger partial charge >= 0.3 is 5.63 Å². The number of benzene rings is 2. The molecule has 0 saturated heterocycles. The van der Waals surface area contributed by atoms with Crippen molar-refractivity contribution < 1.29 is 9.52 Å². The molecule has 30 heavy (non-hydrogen) atoms. The largest absolute Gasteiger partial charge is 0.508 e. The van der Waals surface area contributed by atoms with E-state index in [2.05, 4.69) is 14.9 Å². The van der Waals surface area contributed by atoms with Crippen LogP contribution < -0.4 is 11.2 Å². The summed E-state index contributed by atoms with van der Waals surface area (Å²) >= 11 is 0. The highest BCUT2D eigenvalue weighted by Gasteiger charge is 2.14. The summed E-state index contributed by atoms with van der Waals surface area (Å²) in [6.45, 7) is 5.56. The number of aromatic nitrogens is 2. The fourth-order valence-corrected chi connectivity index (χ4v) is 3.66. The Bertz CT molecular complexity index is 1340. The number of fused-ring (bicyclic) bond motifs is 2. The van der Waals surface area contributed by atoms with E-state index < -0.39 is 5.63 Å². The Balaban J connectivity index is 1.69. The molecule has 0 aliphatic rings. The Kier molecular flexibility index (Phi) is 5.37. The summed E-state index contributed by atoms with van der Waals surface area (Å²) in [5, 5.41) is 11.5. The summed E-state index contributed by atoms with van der Waals surface area (Å²) in [6, 6.07) is 12.1. The maximum Gasteiger partial charge on any atom is 0.336 e. The molecule has 2 aromatic carbocycles. The number of rotatable bonds is 6. The highest BCUT2D eigenvalue weighted by Crippen LogP contribution is 2.27. The fourth-order valence-electron chi connectivity index (χ4n) is 3.66. The monoisotopic (exact) mass is 405 g/mol. The van der Waals surface area contributed by atoms with E-state index in [-0.39, 0.29) is 11.3 Å². The molecule has 4 aromatic rings.